The lowest BCUT2D eigenvalue weighted by molar-refractivity contribution is -0.140. The number of unbranched alkanes of at least 4 members (excludes halogenated alkanes) is 1. The number of ether oxygens (including phenoxy) is 4. The highest BCUT2D eigenvalue weighted by atomic mass is 19.1. The topological polar surface area (TPSA) is 88.1 Å². The van der Waals surface area contributed by atoms with Crippen molar-refractivity contribution in [3.63, 3.8) is 0 Å². The van der Waals surface area contributed by atoms with E-state index in [1.807, 2.05) is 30.3 Å². The fourth-order valence-electron chi connectivity index (χ4n) is 4.30. The van der Waals surface area contributed by atoms with Gasteiger partial charge < -0.3 is 18.9 Å². The number of rotatable bonds is 11. The summed E-state index contributed by atoms with van der Waals surface area (Å²) in [7, 11) is 0. The molecular formula is C31H27FO7. The van der Waals surface area contributed by atoms with E-state index in [4.69, 9.17) is 18.9 Å². The first-order valence-corrected chi connectivity index (χ1v) is 12.3. The predicted octanol–water partition coefficient (Wildman–Crippen LogP) is 6.52. The van der Waals surface area contributed by atoms with Crippen LogP contribution in [0.3, 0.4) is 0 Å². The number of fused-ring (bicyclic) bond motifs is 3. The van der Waals surface area contributed by atoms with Crippen LogP contribution in [0.1, 0.15) is 57.5 Å². The lowest BCUT2D eigenvalue weighted by Gasteiger charge is -2.11. The molecular weight excluding hydrogens is 503 g/mol. The summed E-state index contributed by atoms with van der Waals surface area (Å²) < 4.78 is 33.5. The van der Waals surface area contributed by atoms with Crippen LogP contribution in [-0.4, -0.2) is 31.1 Å². The van der Waals surface area contributed by atoms with E-state index in [0.29, 0.717) is 36.3 Å². The maximum atomic E-state index is 12.7. The molecule has 3 aromatic rings. The Morgan fingerprint density at radius 1 is 0.846 bits per heavy atom. The number of carbonyl (C=O) groups is 3. The molecule has 3 aromatic carbocycles. The smallest absolute Gasteiger partial charge is 0.366 e. The van der Waals surface area contributed by atoms with Crippen molar-refractivity contribution >= 4 is 17.9 Å². The van der Waals surface area contributed by atoms with Gasteiger partial charge in [-0.3, -0.25) is 0 Å². The second-order valence-corrected chi connectivity index (χ2v) is 8.86. The van der Waals surface area contributed by atoms with E-state index < -0.39 is 23.7 Å². The first-order chi connectivity index (χ1) is 18.8. The SMILES string of the molecule is C=COC(=O)c1ccc(C(=O)Oc2ccc3c(c2)C(C)c2cc(OCCCCOC(=O)C(=C)F)ccc2-3)cc1. The molecule has 4 rings (SSSR count). The Kier molecular flexibility index (Phi) is 8.56. The summed E-state index contributed by atoms with van der Waals surface area (Å²) in [4.78, 5) is 35.5. The molecule has 39 heavy (non-hydrogen) atoms. The molecule has 0 amide bonds. The Hall–Kier alpha value is -4.72. The Labute approximate surface area is 225 Å². The average Bonchev–Trinajstić information content (AvgIpc) is 3.21. The maximum absolute atomic E-state index is 12.7. The normalized spacial score (nSPS) is 13.0. The lowest BCUT2D eigenvalue weighted by atomic mass is 9.99. The third-order valence-corrected chi connectivity index (χ3v) is 6.29. The second-order valence-electron chi connectivity index (χ2n) is 8.86. The molecule has 0 saturated heterocycles. The van der Waals surface area contributed by atoms with Crippen LogP contribution >= 0.6 is 0 Å². The van der Waals surface area contributed by atoms with Crippen molar-refractivity contribution < 1.29 is 37.7 Å². The van der Waals surface area contributed by atoms with Gasteiger partial charge in [-0.25, -0.2) is 14.4 Å². The van der Waals surface area contributed by atoms with Gasteiger partial charge >= 0.3 is 17.9 Å². The molecule has 1 unspecified atom stereocenters. The second kappa shape index (κ2) is 12.2. The van der Waals surface area contributed by atoms with Crippen molar-refractivity contribution in [3.05, 3.63) is 108 Å². The molecule has 0 aliphatic heterocycles. The van der Waals surface area contributed by atoms with Crippen LogP contribution in [0.25, 0.3) is 11.1 Å². The zero-order valence-corrected chi connectivity index (χ0v) is 21.4. The Morgan fingerprint density at radius 2 is 1.41 bits per heavy atom. The minimum absolute atomic E-state index is 0.0561. The van der Waals surface area contributed by atoms with E-state index in [0.717, 1.165) is 34.3 Å². The van der Waals surface area contributed by atoms with Gasteiger partial charge in [0.15, 0.2) is 0 Å². The van der Waals surface area contributed by atoms with Crippen molar-refractivity contribution in [3.8, 4) is 22.6 Å². The minimum atomic E-state index is -1.11. The first kappa shape index (κ1) is 27.3. The van der Waals surface area contributed by atoms with Crippen LogP contribution in [0.15, 0.2) is 85.9 Å². The van der Waals surface area contributed by atoms with Gasteiger partial charge in [0.25, 0.3) is 0 Å². The number of esters is 3. The third-order valence-electron chi connectivity index (χ3n) is 6.29. The highest BCUT2D eigenvalue weighted by Gasteiger charge is 2.27. The van der Waals surface area contributed by atoms with Crippen LogP contribution in [0.4, 0.5) is 4.39 Å². The summed E-state index contributed by atoms with van der Waals surface area (Å²) in [6, 6.07) is 17.4. The summed E-state index contributed by atoms with van der Waals surface area (Å²) in [6.07, 6.45) is 2.22. The third kappa shape index (κ3) is 6.41. The monoisotopic (exact) mass is 530 g/mol. The molecule has 0 N–H and O–H groups in total. The van der Waals surface area contributed by atoms with Crippen molar-refractivity contribution in [1.29, 1.82) is 0 Å². The van der Waals surface area contributed by atoms with E-state index in [1.165, 1.54) is 24.3 Å². The Balaban J connectivity index is 1.35. The minimum Gasteiger partial charge on any atom is -0.494 e. The molecule has 0 aromatic heterocycles. The molecule has 200 valence electrons. The highest BCUT2D eigenvalue weighted by molar-refractivity contribution is 5.94. The number of hydrogen-bond acceptors (Lipinski definition) is 7. The molecule has 0 bridgehead atoms. The molecule has 0 radical (unpaired) electrons. The molecule has 0 heterocycles. The number of carbonyl (C=O) groups excluding carboxylic acids is 3. The average molecular weight is 531 g/mol. The van der Waals surface area contributed by atoms with Crippen LogP contribution in [0.5, 0.6) is 11.5 Å². The number of benzene rings is 3. The van der Waals surface area contributed by atoms with Gasteiger partial charge in [0, 0.05) is 5.92 Å². The summed E-state index contributed by atoms with van der Waals surface area (Å²) in [5, 5.41) is 0. The Bertz CT molecular complexity index is 1430. The fourth-order valence-corrected chi connectivity index (χ4v) is 4.30. The summed E-state index contributed by atoms with van der Waals surface area (Å²) >= 11 is 0. The van der Waals surface area contributed by atoms with E-state index in [9.17, 15) is 18.8 Å². The zero-order chi connectivity index (χ0) is 27.9. The standard InChI is InChI=1S/C31H27FO7/c1-4-36-30(34)21-7-9-22(10-8-21)31(35)39-24-12-14-26-25-13-11-23(17-27(25)19(2)28(26)18-24)37-15-5-6-16-38-29(33)20(3)32/h4,7-14,17-19H,1,3,5-6,15-16H2,2H3. The van der Waals surface area contributed by atoms with Gasteiger partial charge in [0.1, 0.15) is 11.5 Å². The molecule has 1 atom stereocenters. The molecule has 0 saturated carbocycles. The molecule has 0 fully saturated rings. The lowest BCUT2D eigenvalue weighted by Crippen LogP contribution is -2.09. The van der Waals surface area contributed by atoms with Gasteiger partial charge in [0.2, 0.25) is 5.83 Å². The Morgan fingerprint density at radius 3 is 2.03 bits per heavy atom. The first-order valence-electron chi connectivity index (χ1n) is 12.3. The van der Waals surface area contributed by atoms with Gasteiger partial charge in [-0.2, -0.15) is 4.39 Å². The van der Waals surface area contributed by atoms with Crippen LogP contribution in [0.2, 0.25) is 0 Å². The fraction of sp³-hybridized carbons (Fsp3) is 0.194. The number of hydrogen-bond donors (Lipinski definition) is 0. The summed E-state index contributed by atoms with van der Waals surface area (Å²) in [6.45, 7) is 8.85. The van der Waals surface area contributed by atoms with Crippen LogP contribution in [0, 0.1) is 0 Å². The molecule has 7 nitrogen and oxygen atoms in total. The van der Waals surface area contributed by atoms with Gasteiger partial charge in [0.05, 0.1) is 30.6 Å². The molecule has 8 heteroatoms. The van der Waals surface area contributed by atoms with Gasteiger partial charge in [-0.1, -0.05) is 32.2 Å². The van der Waals surface area contributed by atoms with E-state index in [1.54, 1.807) is 6.07 Å². The largest absolute Gasteiger partial charge is 0.494 e. The highest BCUT2D eigenvalue weighted by Crippen LogP contribution is 2.47. The quantitative estimate of drug-likeness (QED) is 0.0916. The van der Waals surface area contributed by atoms with Crippen molar-refractivity contribution in [2.24, 2.45) is 0 Å². The zero-order valence-electron chi connectivity index (χ0n) is 21.4. The number of halogens is 1. The van der Waals surface area contributed by atoms with Crippen LogP contribution < -0.4 is 9.47 Å². The molecule has 1 aliphatic rings. The molecule has 0 spiro atoms. The molecule has 1 aliphatic carbocycles. The van der Waals surface area contributed by atoms with Crippen LogP contribution in [-0.2, 0) is 14.3 Å². The van der Waals surface area contributed by atoms with Gasteiger partial charge in [-0.05, 0) is 83.6 Å². The van der Waals surface area contributed by atoms with Gasteiger partial charge in [-0.15, -0.1) is 0 Å². The summed E-state index contributed by atoms with van der Waals surface area (Å²) in [5.41, 5.74) is 4.88. The van der Waals surface area contributed by atoms with Crippen molar-refractivity contribution in [2.45, 2.75) is 25.7 Å². The van der Waals surface area contributed by atoms with Crippen molar-refractivity contribution in [2.75, 3.05) is 13.2 Å². The van der Waals surface area contributed by atoms with E-state index in [-0.39, 0.29) is 12.5 Å². The maximum Gasteiger partial charge on any atom is 0.366 e. The predicted molar refractivity (Wildman–Crippen MR) is 142 cm³/mol. The summed E-state index contributed by atoms with van der Waals surface area (Å²) in [5.74, 6) is -2.05. The van der Waals surface area contributed by atoms with E-state index in [2.05, 4.69) is 20.1 Å². The van der Waals surface area contributed by atoms with Crippen molar-refractivity contribution in [1.82, 2.24) is 0 Å². The van der Waals surface area contributed by atoms with E-state index >= 15 is 0 Å².